The van der Waals surface area contributed by atoms with Gasteiger partial charge in [-0.3, -0.25) is 9.79 Å². The fourth-order valence-electron chi connectivity index (χ4n) is 2.41. The van der Waals surface area contributed by atoms with Crippen LogP contribution in [0.25, 0.3) is 0 Å². The highest BCUT2D eigenvalue weighted by atomic mass is 127. The van der Waals surface area contributed by atoms with Crippen molar-refractivity contribution >= 4 is 41.7 Å². The summed E-state index contributed by atoms with van der Waals surface area (Å²) in [4.78, 5) is 22.8. The van der Waals surface area contributed by atoms with Gasteiger partial charge in [0.25, 0.3) is 0 Å². The Morgan fingerprint density at radius 1 is 1.19 bits per heavy atom. The van der Waals surface area contributed by atoms with E-state index in [4.69, 9.17) is 0 Å². The summed E-state index contributed by atoms with van der Waals surface area (Å²) < 4.78 is 0. The lowest BCUT2D eigenvalue weighted by atomic mass is 10.2. The van der Waals surface area contributed by atoms with Crippen LogP contribution in [-0.4, -0.2) is 41.9 Å². The van der Waals surface area contributed by atoms with E-state index < -0.39 is 0 Å². The van der Waals surface area contributed by atoms with Crippen LogP contribution in [0.1, 0.15) is 24.5 Å². The van der Waals surface area contributed by atoms with E-state index in [0.717, 1.165) is 24.6 Å². The fourth-order valence-corrected chi connectivity index (χ4v) is 2.41. The van der Waals surface area contributed by atoms with Crippen LogP contribution in [0.2, 0.25) is 0 Å². The zero-order valence-corrected chi connectivity index (χ0v) is 18.4. The van der Waals surface area contributed by atoms with Gasteiger partial charge in [-0.2, -0.15) is 0 Å². The molecule has 0 atom stereocenters. The highest BCUT2D eigenvalue weighted by Crippen LogP contribution is 2.05. The van der Waals surface area contributed by atoms with E-state index in [1.54, 1.807) is 12.3 Å². The molecule has 0 radical (unpaired) electrons. The monoisotopic (exact) mass is 481 g/mol. The van der Waals surface area contributed by atoms with Crippen LogP contribution >= 0.6 is 24.0 Å². The number of hydrogen-bond acceptors (Lipinski definition) is 3. The predicted molar refractivity (Wildman–Crippen MR) is 122 cm³/mol. The first-order valence-electron chi connectivity index (χ1n) is 8.84. The first kappa shape index (κ1) is 22.9. The summed E-state index contributed by atoms with van der Waals surface area (Å²) in [6.45, 7) is 5.94. The number of halogens is 1. The second-order valence-electron chi connectivity index (χ2n) is 6.10. The van der Waals surface area contributed by atoms with Gasteiger partial charge in [-0.25, -0.2) is 4.98 Å². The van der Waals surface area contributed by atoms with Crippen molar-refractivity contribution in [3.05, 3.63) is 59.8 Å². The number of carbonyl (C=O) groups excluding carboxylic acids is 1. The van der Waals surface area contributed by atoms with Crippen molar-refractivity contribution in [1.82, 2.24) is 15.2 Å². The van der Waals surface area contributed by atoms with Gasteiger partial charge in [0.2, 0.25) is 5.91 Å². The number of rotatable bonds is 7. The van der Waals surface area contributed by atoms with E-state index in [1.807, 2.05) is 45.2 Å². The second-order valence-corrected chi connectivity index (χ2v) is 6.10. The van der Waals surface area contributed by atoms with E-state index >= 15 is 0 Å². The van der Waals surface area contributed by atoms with Crippen molar-refractivity contribution in [2.75, 3.05) is 25.5 Å². The van der Waals surface area contributed by atoms with Crippen LogP contribution in [0.3, 0.4) is 0 Å². The van der Waals surface area contributed by atoms with Crippen molar-refractivity contribution in [2.24, 2.45) is 4.99 Å². The van der Waals surface area contributed by atoms with Gasteiger partial charge < -0.3 is 15.5 Å². The smallest absolute Gasteiger partial charge is 0.227 e. The molecule has 7 heteroatoms. The summed E-state index contributed by atoms with van der Waals surface area (Å²) in [6.07, 6.45) is 2.04. The van der Waals surface area contributed by atoms with Gasteiger partial charge in [0, 0.05) is 32.8 Å². The SMILES string of the molecule is CCNC(=NCCC(=O)Nc1ccc(C)cn1)N(C)Cc1ccccc1.I. The molecule has 0 saturated carbocycles. The summed E-state index contributed by atoms with van der Waals surface area (Å²) >= 11 is 0. The molecule has 0 aliphatic carbocycles. The number of nitrogens with one attached hydrogen (secondary N) is 2. The number of guanidine groups is 1. The van der Waals surface area contributed by atoms with E-state index in [9.17, 15) is 4.79 Å². The van der Waals surface area contributed by atoms with Crippen LogP contribution in [0, 0.1) is 6.92 Å². The van der Waals surface area contributed by atoms with Crippen molar-refractivity contribution in [1.29, 1.82) is 0 Å². The Labute approximate surface area is 178 Å². The molecular formula is C20H28IN5O. The van der Waals surface area contributed by atoms with Crippen LogP contribution < -0.4 is 10.6 Å². The number of anilines is 1. The zero-order valence-electron chi connectivity index (χ0n) is 16.1. The molecule has 0 spiro atoms. The topological polar surface area (TPSA) is 69.6 Å². The first-order chi connectivity index (χ1) is 12.6. The average molecular weight is 481 g/mol. The van der Waals surface area contributed by atoms with Crippen molar-refractivity contribution in [3.63, 3.8) is 0 Å². The van der Waals surface area contributed by atoms with Crippen molar-refractivity contribution in [3.8, 4) is 0 Å². The Kier molecular flexibility index (Phi) is 10.4. The summed E-state index contributed by atoms with van der Waals surface area (Å²) in [5, 5.41) is 6.05. The Bertz CT molecular complexity index is 719. The van der Waals surface area contributed by atoms with Gasteiger partial charge in [0.15, 0.2) is 5.96 Å². The summed E-state index contributed by atoms with van der Waals surface area (Å²) in [5.74, 6) is 1.27. The second kappa shape index (κ2) is 12.3. The zero-order chi connectivity index (χ0) is 18.8. The third-order valence-corrected chi connectivity index (χ3v) is 3.74. The quantitative estimate of drug-likeness (QED) is 0.361. The lowest BCUT2D eigenvalue weighted by Gasteiger charge is -2.22. The number of pyridine rings is 1. The lowest BCUT2D eigenvalue weighted by molar-refractivity contribution is -0.116. The molecule has 1 aromatic heterocycles. The largest absolute Gasteiger partial charge is 0.357 e. The number of carbonyl (C=O) groups is 1. The molecule has 0 saturated heterocycles. The minimum absolute atomic E-state index is 0. The molecule has 0 fully saturated rings. The summed E-state index contributed by atoms with van der Waals surface area (Å²) in [5.41, 5.74) is 2.27. The van der Waals surface area contributed by atoms with Crippen LogP contribution in [0.15, 0.2) is 53.7 Å². The van der Waals surface area contributed by atoms with Crippen molar-refractivity contribution < 1.29 is 4.79 Å². The van der Waals surface area contributed by atoms with E-state index in [-0.39, 0.29) is 29.9 Å². The normalized spacial score (nSPS) is 10.7. The summed E-state index contributed by atoms with van der Waals surface area (Å²) in [6, 6.07) is 13.9. The molecule has 2 aromatic rings. The van der Waals surface area contributed by atoms with Gasteiger partial charge in [0.05, 0.1) is 6.54 Å². The maximum Gasteiger partial charge on any atom is 0.227 e. The van der Waals surface area contributed by atoms with Gasteiger partial charge >= 0.3 is 0 Å². The molecule has 0 aliphatic rings. The molecule has 2 N–H and O–H groups in total. The number of benzene rings is 1. The average Bonchev–Trinajstić information content (AvgIpc) is 2.64. The molecule has 0 unspecified atom stereocenters. The van der Waals surface area contributed by atoms with Crippen molar-refractivity contribution in [2.45, 2.75) is 26.8 Å². The number of aryl methyl sites for hydroxylation is 1. The Morgan fingerprint density at radius 2 is 1.93 bits per heavy atom. The molecule has 6 nitrogen and oxygen atoms in total. The fraction of sp³-hybridized carbons (Fsp3) is 0.350. The van der Waals surface area contributed by atoms with E-state index in [1.165, 1.54) is 5.56 Å². The number of hydrogen-bond donors (Lipinski definition) is 2. The number of aliphatic imine (C=N–C) groups is 1. The minimum atomic E-state index is -0.0911. The molecule has 2 rings (SSSR count). The Morgan fingerprint density at radius 3 is 2.56 bits per heavy atom. The highest BCUT2D eigenvalue weighted by Gasteiger charge is 2.07. The van der Waals surface area contributed by atoms with E-state index in [0.29, 0.717) is 18.8 Å². The molecule has 1 aromatic carbocycles. The molecular weight excluding hydrogens is 453 g/mol. The van der Waals surface area contributed by atoms with Crippen LogP contribution in [-0.2, 0) is 11.3 Å². The maximum absolute atomic E-state index is 12.0. The third-order valence-electron chi connectivity index (χ3n) is 3.74. The summed E-state index contributed by atoms with van der Waals surface area (Å²) in [7, 11) is 1.99. The van der Waals surface area contributed by atoms with Gasteiger partial charge in [-0.15, -0.1) is 24.0 Å². The number of amides is 1. The molecule has 1 amide bonds. The van der Waals surface area contributed by atoms with Gasteiger partial charge in [-0.05, 0) is 31.0 Å². The first-order valence-corrected chi connectivity index (χ1v) is 8.84. The highest BCUT2D eigenvalue weighted by molar-refractivity contribution is 14.0. The predicted octanol–water partition coefficient (Wildman–Crippen LogP) is 3.43. The number of nitrogens with zero attached hydrogens (tertiary/aromatic N) is 3. The molecule has 1 heterocycles. The molecule has 146 valence electrons. The van der Waals surface area contributed by atoms with Crippen LogP contribution in [0.5, 0.6) is 0 Å². The van der Waals surface area contributed by atoms with Gasteiger partial charge in [-0.1, -0.05) is 36.4 Å². The Balaban J connectivity index is 0.00000364. The lowest BCUT2D eigenvalue weighted by Crippen LogP contribution is -2.38. The molecule has 0 bridgehead atoms. The molecule has 27 heavy (non-hydrogen) atoms. The standard InChI is InChI=1S/C20H27N5O.HI/c1-4-21-20(25(3)15-17-8-6-5-7-9-17)22-13-12-19(26)24-18-11-10-16(2)14-23-18;/h5-11,14H,4,12-13,15H2,1-3H3,(H,21,22)(H,23,24,26);1H. The van der Waals surface area contributed by atoms with E-state index in [2.05, 4.69) is 37.6 Å². The van der Waals surface area contributed by atoms with Crippen LogP contribution in [0.4, 0.5) is 5.82 Å². The third kappa shape index (κ3) is 8.38. The maximum atomic E-state index is 12.0. The van der Waals surface area contributed by atoms with Gasteiger partial charge in [0.1, 0.15) is 5.82 Å². The minimum Gasteiger partial charge on any atom is -0.357 e. The Hall–Kier alpha value is -2.16. The number of aromatic nitrogens is 1. The molecule has 0 aliphatic heterocycles.